The van der Waals surface area contributed by atoms with Crippen LogP contribution in [0.5, 0.6) is 0 Å². The van der Waals surface area contributed by atoms with Gasteiger partial charge < -0.3 is 15.1 Å². The molecular formula is C14H27N3. The van der Waals surface area contributed by atoms with Crippen LogP contribution in [-0.4, -0.2) is 62.2 Å². The first-order valence-electron chi connectivity index (χ1n) is 7.41. The summed E-state index contributed by atoms with van der Waals surface area (Å²) >= 11 is 0. The van der Waals surface area contributed by atoms with Crippen molar-refractivity contribution in [1.82, 2.24) is 15.1 Å². The summed E-state index contributed by atoms with van der Waals surface area (Å²) < 4.78 is 0. The van der Waals surface area contributed by atoms with Crippen molar-refractivity contribution in [3.05, 3.63) is 0 Å². The van der Waals surface area contributed by atoms with Gasteiger partial charge in [-0.1, -0.05) is 0 Å². The van der Waals surface area contributed by atoms with Crippen LogP contribution in [0.2, 0.25) is 0 Å². The third-order valence-electron chi connectivity index (χ3n) is 5.40. The quantitative estimate of drug-likeness (QED) is 0.738. The number of hydrogen-bond acceptors (Lipinski definition) is 3. The number of piperidine rings is 2. The van der Waals surface area contributed by atoms with E-state index < -0.39 is 0 Å². The molecule has 0 saturated carbocycles. The van der Waals surface area contributed by atoms with Crippen LogP contribution in [0.15, 0.2) is 0 Å². The van der Waals surface area contributed by atoms with Crippen molar-refractivity contribution in [2.24, 2.45) is 5.41 Å². The molecular weight excluding hydrogens is 210 g/mol. The van der Waals surface area contributed by atoms with Crippen LogP contribution >= 0.6 is 0 Å². The Bertz CT molecular complexity index is 242. The highest BCUT2D eigenvalue weighted by atomic mass is 15.2. The lowest BCUT2D eigenvalue weighted by Gasteiger charge is -2.44. The molecule has 3 heterocycles. The van der Waals surface area contributed by atoms with Crippen LogP contribution in [0.3, 0.4) is 0 Å². The molecule has 0 atom stereocenters. The summed E-state index contributed by atoms with van der Waals surface area (Å²) in [6, 6.07) is 0.887. The second kappa shape index (κ2) is 4.87. The Morgan fingerprint density at radius 1 is 1.00 bits per heavy atom. The van der Waals surface area contributed by atoms with E-state index in [0.29, 0.717) is 5.41 Å². The first-order chi connectivity index (χ1) is 8.27. The molecule has 0 amide bonds. The largest absolute Gasteiger partial charge is 0.316 e. The van der Waals surface area contributed by atoms with Gasteiger partial charge in [-0.2, -0.15) is 0 Å². The number of nitrogens with one attached hydrogen (secondary N) is 1. The predicted octanol–water partition coefficient (Wildman–Crippen LogP) is 1.16. The van der Waals surface area contributed by atoms with E-state index in [9.17, 15) is 0 Å². The fraction of sp³-hybridized carbons (Fsp3) is 1.00. The van der Waals surface area contributed by atoms with Crippen molar-refractivity contribution in [2.45, 2.75) is 38.1 Å². The van der Waals surface area contributed by atoms with E-state index >= 15 is 0 Å². The fourth-order valence-electron chi connectivity index (χ4n) is 3.95. The van der Waals surface area contributed by atoms with E-state index in [2.05, 4.69) is 22.2 Å². The molecule has 3 saturated heterocycles. The van der Waals surface area contributed by atoms with Crippen LogP contribution in [0.25, 0.3) is 0 Å². The Hall–Kier alpha value is -0.120. The lowest BCUT2D eigenvalue weighted by atomic mass is 9.77. The van der Waals surface area contributed by atoms with E-state index in [1.807, 2.05) is 0 Å². The summed E-state index contributed by atoms with van der Waals surface area (Å²) in [6.45, 7) is 7.86. The van der Waals surface area contributed by atoms with Crippen LogP contribution in [-0.2, 0) is 0 Å². The zero-order valence-corrected chi connectivity index (χ0v) is 11.2. The van der Waals surface area contributed by atoms with Gasteiger partial charge >= 0.3 is 0 Å². The SMILES string of the molecule is CN1CCC(N2CCC3(CCNC3)CC2)CC1. The summed E-state index contributed by atoms with van der Waals surface area (Å²) in [4.78, 5) is 5.26. The van der Waals surface area contributed by atoms with Gasteiger partial charge in [0.05, 0.1) is 0 Å². The molecule has 0 radical (unpaired) electrons. The molecule has 3 fully saturated rings. The predicted molar refractivity (Wildman–Crippen MR) is 71.2 cm³/mol. The van der Waals surface area contributed by atoms with Crippen molar-refractivity contribution >= 4 is 0 Å². The standard InChI is InChI=1S/C14H27N3/c1-16-8-2-13(3-9-16)17-10-5-14(6-11-17)4-7-15-12-14/h13,15H,2-12H2,1H3. The molecule has 0 aliphatic carbocycles. The third-order valence-corrected chi connectivity index (χ3v) is 5.40. The topological polar surface area (TPSA) is 18.5 Å². The van der Waals surface area contributed by atoms with Gasteiger partial charge in [0, 0.05) is 12.6 Å². The third kappa shape index (κ3) is 2.51. The van der Waals surface area contributed by atoms with Gasteiger partial charge in [-0.05, 0) is 77.3 Å². The molecule has 0 aromatic carbocycles. The van der Waals surface area contributed by atoms with Gasteiger partial charge in [0.1, 0.15) is 0 Å². The summed E-state index contributed by atoms with van der Waals surface area (Å²) in [5.41, 5.74) is 0.682. The van der Waals surface area contributed by atoms with E-state index in [-0.39, 0.29) is 0 Å². The average molecular weight is 237 g/mol. The molecule has 1 N–H and O–H groups in total. The lowest BCUT2D eigenvalue weighted by Crippen LogP contribution is -2.49. The summed E-state index contributed by atoms with van der Waals surface area (Å²) in [5.74, 6) is 0. The number of hydrogen-bond donors (Lipinski definition) is 1. The summed E-state index contributed by atoms with van der Waals surface area (Å²) in [6.07, 6.45) is 7.08. The van der Waals surface area contributed by atoms with Gasteiger partial charge in [0.25, 0.3) is 0 Å². The second-order valence-corrected chi connectivity index (χ2v) is 6.50. The average Bonchev–Trinajstić information content (AvgIpc) is 2.80. The Morgan fingerprint density at radius 3 is 2.29 bits per heavy atom. The zero-order chi connectivity index (χ0) is 11.7. The normalized spacial score (nSPS) is 32.3. The number of rotatable bonds is 1. The van der Waals surface area contributed by atoms with Gasteiger partial charge in [-0.3, -0.25) is 0 Å². The highest BCUT2D eigenvalue weighted by molar-refractivity contribution is 4.94. The molecule has 1 spiro atoms. The lowest BCUT2D eigenvalue weighted by molar-refractivity contribution is 0.0552. The minimum Gasteiger partial charge on any atom is -0.316 e. The summed E-state index contributed by atoms with van der Waals surface area (Å²) in [7, 11) is 2.26. The monoisotopic (exact) mass is 237 g/mol. The molecule has 0 aromatic heterocycles. The molecule has 3 aliphatic heterocycles. The van der Waals surface area contributed by atoms with E-state index in [0.717, 1.165) is 6.04 Å². The van der Waals surface area contributed by atoms with Gasteiger partial charge in [0.2, 0.25) is 0 Å². The zero-order valence-electron chi connectivity index (χ0n) is 11.2. The van der Waals surface area contributed by atoms with Crippen LogP contribution in [0.1, 0.15) is 32.1 Å². The Labute approximate surface area is 106 Å². The first-order valence-corrected chi connectivity index (χ1v) is 7.41. The van der Waals surface area contributed by atoms with Crippen LogP contribution < -0.4 is 5.32 Å². The molecule has 3 aliphatic rings. The highest BCUT2D eigenvalue weighted by Gasteiger charge is 2.38. The fourth-order valence-corrected chi connectivity index (χ4v) is 3.95. The van der Waals surface area contributed by atoms with Gasteiger partial charge in [-0.25, -0.2) is 0 Å². The molecule has 3 nitrogen and oxygen atoms in total. The maximum absolute atomic E-state index is 3.56. The molecule has 17 heavy (non-hydrogen) atoms. The van der Waals surface area contributed by atoms with Crippen molar-refractivity contribution in [2.75, 3.05) is 46.3 Å². The van der Waals surface area contributed by atoms with E-state index in [1.165, 1.54) is 71.4 Å². The maximum atomic E-state index is 3.56. The van der Waals surface area contributed by atoms with E-state index in [1.54, 1.807) is 0 Å². The maximum Gasteiger partial charge on any atom is 0.0120 e. The smallest absolute Gasteiger partial charge is 0.0120 e. The highest BCUT2D eigenvalue weighted by Crippen LogP contribution is 2.38. The molecule has 3 rings (SSSR count). The van der Waals surface area contributed by atoms with Crippen molar-refractivity contribution in [1.29, 1.82) is 0 Å². The Morgan fingerprint density at radius 2 is 1.71 bits per heavy atom. The first kappa shape index (κ1) is 11.9. The summed E-state index contributed by atoms with van der Waals surface area (Å²) in [5, 5.41) is 3.56. The Kier molecular flexibility index (Phi) is 3.42. The van der Waals surface area contributed by atoms with Crippen molar-refractivity contribution < 1.29 is 0 Å². The molecule has 98 valence electrons. The van der Waals surface area contributed by atoms with Crippen molar-refractivity contribution in [3.8, 4) is 0 Å². The van der Waals surface area contributed by atoms with Crippen LogP contribution in [0, 0.1) is 5.41 Å². The van der Waals surface area contributed by atoms with Gasteiger partial charge in [-0.15, -0.1) is 0 Å². The molecule has 0 unspecified atom stereocenters. The van der Waals surface area contributed by atoms with Gasteiger partial charge in [0.15, 0.2) is 0 Å². The molecule has 0 bridgehead atoms. The van der Waals surface area contributed by atoms with Crippen LogP contribution in [0.4, 0.5) is 0 Å². The van der Waals surface area contributed by atoms with Crippen molar-refractivity contribution in [3.63, 3.8) is 0 Å². The Balaban J connectivity index is 1.51. The number of nitrogens with zero attached hydrogens (tertiary/aromatic N) is 2. The molecule has 0 aromatic rings. The van der Waals surface area contributed by atoms with E-state index in [4.69, 9.17) is 0 Å². The second-order valence-electron chi connectivity index (χ2n) is 6.50. The number of likely N-dealkylation sites (tertiary alicyclic amines) is 2. The minimum absolute atomic E-state index is 0.682. The molecule has 3 heteroatoms. The minimum atomic E-state index is 0.682.